The van der Waals surface area contributed by atoms with Crippen molar-refractivity contribution in [3.63, 3.8) is 0 Å². The lowest BCUT2D eigenvalue weighted by Gasteiger charge is -2.46. The fraction of sp³-hybridized carbons (Fsp3) is 0.615. The molecule has 0 aromatic carbocycles. The van der Waals surface area contributed by atoms with Crippen molar-refractivity contribution in [3.8, 4) is 0 Å². The Bertz CT molecular complexity index is 407. The van der Waals surface area contributed by atoms with Crippen LogP contribution in [-0.2, 0) is 6.42 Å². The van der Waals surface area contributed by atoms with Gasteiger partial charge >= 0.3 is 0 Å². The Morgan fingerprint density at radius 1 is 1.53 bits per heavy atom. The van der Waals surface area contributed by atoms with E-state index < -0.39 is 5.60 Å². The van der Waals surface area contributed by atoms with Gasteiger partial charge in [-0.15, -0.1) is 11.3 Å². The third-order valence-electron chi connectivity index (χ3n) is 3.29. The van der Waals surface area contributed by atoms with Gasteiger partial charge in [0.05, 0.1) is 23.6 Å². The van der Waals surface area contributed by atoms with Crippen LogP contribution in [0.4, 0.5) is 0 Å². The summed E-state index contributed by atoms with van der Waals surface area (Å²) in [5.74, 6) is 0.0811. The molecule has 2 heterocycles. The minimum atomic E-state index is -0.631. The van der Waals surface area contributed by atoms with Gasteiger partial charge in [0.25, 0.3) is 5.91 Å². The van der Waals surface area contributed by atoms with Crippen LogP contribution in [0.2, 0.25) is 0 Å². The Kier molecular flexibility index (Phi) is 3.54. The fourth-order valence-corrected chi connectivity index (χ4v) is 3.34. The van der Waals surface area contributed by atoms with Crippen molar-refractivity contribution in [1.82, 2.24) is 4.90 Å². The second-order valence-corrected chi connectivity index (χ2v) is 5.68. The van der Waals surface area contributed by atoms with E-state index in [9.17, 15) is 9.90 Å². The van der Waals surface area contributed by atoms with Crippen LogP contribution in [0.1, 0.15) is 41.9 Å². The summed E-state index contributed by atoms with van der Waals surface area (Å²) in [4.78, 5) is 14.8. The van der Waals surface area contributed by atoms with E-state index in [0.717, 1.165) is 29.7 Å². The second kappa shape index (κ2) is 4.78. The predicted molar refractivity (Wildman–Crippen MR) is 69.5 cm³/mol. The molecule has 0 unspecified atom stereocenters. The summed E-state index contributed by atoms with van der Waals surface area (Å²) in [5.41, 5.74) is 0.486. The molecule has 1 amide bonds. The summed E-state index contributed by atoms with van der Waals surface area (Å²) >= 11 is 1.50. The van der Waals surface area contributed by atoms with E-state index in [4.69, 9.17) is 0 Å². The number of β-amino-alcohol motifs (C(OH)–C–C–N with tert-alkyl or cyclic N) is 1. The third-order valence-corrected chi connectivity index (χ3v) is 4.24. The van der Waals surface area contributed by atoms with Crippen molar-refractivity contribution in [3.05, 3.63) is 21.9 Å². The molecule has 3 nitrogen and oxygen atoms in total. The molecule has 1 saturated heterocycles. The first-order valence-electron chi connectivity index (χ1n) is 6.17. The van der Waals surface area contributed by atoms with Crippen molar-refractivity contribution >= 4 is 17.2 Å². The Morgan fingerprint density at radius 2 is 2.24 bits per heavy atom. The van der Waals surface area contributed by atoms with Gasteiger partial charge < -0.3 is 10.0 Å². The van der Waals surface area contributed by atoms with Crippen LogP contribution in [0.3, 0.4) is 0 Å². The maximum absolute atomic E-state index is 12.2. The maximum atomic E-state index is 12.2. The minimum Gasteiger partial charge on any atom is -0.386 e. The highest BCUT2D eigenvalue weighted by Crippen LogP contribution is 2.29. The van der Waals surface area contributed by atoms with Gasteiger partial charge in [0.1, 0.15) is 0 Å². The molecule has 0 bridgehead atoms. The fourth-order valence-electron chi connectivity index (χ4n) is 2.38. The van der Waals surface area contributed by atoms with E-state index >= 15 is 0 Å². The van der Waals surface area contributed by atoms with Gasteiger partial charge in [-0.25, -0.2) is 0 Å². The Hall–Kier alpha value is -0.870. The number of hydrogen-bond acceptors (Lipinski definition) is 3. The zero-order valence-electron chi connectivity index (χ0n) is 10.4. The molecule has 1 aliphatic rings. The lowest BCUT2D eigenvalue weighted by Crippen LogP contribution is -2.63. The predicted octanol–water partition coefficient (Wildman–Crippen LogP) is 2.30. The standard InChI is InChI=1S/C13H19NO2S/c1-3-6-13(16)8-14(9-13)12(15)11-10(4-2)5-7-17-11/h5,7,16H,3-4,6,8-9H2,1-2H3. The average molecular weight is 253 g/mol. The highest BCUT2D eigenvalue weighted by Gasteiger charge is 2.43. The molecule has 0 spiro atoms. The van der Waals surface area contributed by atoms with Crippen LogP contribution in [0.15, 0.2) is 11.4 Å². The van der Waals surface area contributed by atoms with Crippen LogP contribution >= 0.6 is 11.3 Å². The Labute approximate surface area is 106 Å². The first kappa shape index (κ1) is 12.6. The van der Waals surface area contributed by atoms with E-state index in [1.54, 1.807) is 4.90 Å². The van der Waals surface area contributed by atoms with Crippen molar-refractivity contribution in [2.24, 2.45) is 0 Å². The van der Waals surface area contributed by atoms with Crippen molar-refractivity contribution in [2.45, 2.75) is 38.7 Å². The quantitative estimate of drug-likeness (QED) is 0.894. The van der Waals surface area contributed by atoms with E-state index in [1.807, 2.05) is 11.4 Å². The summed E-state index contributed by atoms with van der Waals surface area (Å²) in [7, 11) is 0. The molecule has 2 rings (SSSR count). The van der Waals surface area contributed by atoms with Gasteiger partial charge in [-0.3, -0.25) is 4.79 Å². The Morgan fingerprint density at radius 3 is 2.82 bits per heavy atom. The SMILES string of the molecule is CCCC1(O)CN(C(=O)c2sccc2CC)C1. The molecule has 1 aromatic rings. The van der Waals surface area contributed by atoms with Crippen LogP contribution in [-0.4, -0.2) is 34.6 Å². The highest BCUT2D eigenvalue weighted by molar-refractivity contribution is 7.12. The van der Waals surface area contributed by atoms with Crippen molar-refractivity contribution in [2.75, 3.05) is 13.1 Å². The number of thiophene rings is 1. The van der Waals surface area contributed by atoms with Crippen LogP contribution in [0, 0.1) is 0 Å². The molecule has 94 valence electrons. The second-order valence-electron chi connectivity index (χ2n) is 4.76. The first-order valence-corrected chi connectivity index (χ1v) is 7.05. The van der Waals surface area contributed by atoms with Crippen LogP contribution < -0.4 is 0 Å². The highest BCUT2D eigenvalue weighted by atomic mass is 32.1. The largest absolute Gasteiger partial charge is 0.386 e. The summed E-state index contributed by atoms with van der Waals surface area (Å²) in [6.45, 7) is 5.08. The zero-order chi connectivity index (χ0) is 12.5. The number of hydrogen-bond donors (Lipinski definition) is 1. The van der Waals surface area contributed by atoms with E-state index in [1.165, 1.54) is 11.3 Å². The monoisotopic (exact) mass is 253 g/mol. The molecule has 0 radical (unpaired) electrons. The summed E-state index contributed by atoms with van der Waals surface area (Å²) in [5, 5.41) is 12.0. The number of rotatable bonds is 4. The number of likely N-dealkylation sites (tertiary alicyclic amines) is 1. The number of amides is 1. The third kappa shape index (κ3) is 2.38. The molecular weight excluding hydrogens is 234 g/mol. The van der Waals surface area contributed by atoms with Gasteiger partial charge in [0, 0.05) is 0 Å². The molecule has 17 heavy (non-hydrogen) atoms. The molecule has 0 saturated carbocycles. The number of carbonyl (C=O) groups is 1. The van der Waals surface area contributed by atoms with Crippen LogP contribution in [0.5, 0.6) is 0 Å². The summed E-state index contributed by atoms with van der Waals surface area (Å²) < 4.78 is 0. The molecule has 1 N–H and O–H groups in total. The van der Waals surface area contributed by atoms with Crippen molar-refractivity contribution in [1.29, 1.82) is 0 Å². The molecule has 0 atom stereocenters. The van der Waals surface area contributed by atoms with Crippen molar-refractivity contribution < 1.29 is 9.90 Å². The zero-order valence-corrected chi connectivity index (χ0v) is 11.2. The first-order chi connectivity index (χ1) is 8.09. The normalized spacial score (nSPS) is 17.9. The van der Waals surface area contributed by atoms with Gasteiger partial charge in [0.2, 0.25) is 0 Å². The topological polar surface area (TPSA) is 40.5 Å². The van der Waals surface area contributed by atoms with Gasteiger partial charge in [-0.1, -0.05) is 20.3 Å². The summed E-state index contributed by atoms with van der Waals surface area (Å²) in [6, 6.07) is 2.01. The molecule has 0 aliphatic carbocycles. The number of aryl methyl sites for hydroxylation is 1. The minimum absolute atomic E-state index is 0.0811. The lowest BCUT2D eigenvalue weighted by molar-refractivity contribution is -0.0858. The van der Waals surface area contributed by atoms with Crippen LogP contribution in [0.25, 0.3) is 0 Å². The number of nitrogens with zero attached hydrogens (tertiary/aromatic N) is 1. The van der Waals surface area contributed by atoms with Gasteiger partial charge in [0.15, 0.2) is 0 Å². The van der Waals surface area contributed by atoms with Gasteiger partial charge in [-0.05, 0) is 29.9 Å². The molecule has 4 heteroatoms. The number of carbonyl (C=O) groups excluding carboxylic acids is 1. The smallest absolute Gasteiger partial charge is 0.264 e. The van der Waals surface area contributed by atoms with E-state index in [-0.39, 0.29) is 5.91 Å². The number of aliphatic hydroxyl groups is 1. The molecule has 1 fully saturated rings. The van der Waals surface area contributed by atoms with E-state index in [2.05, 4.69) is 13.8 Å². The van der Waals surface area contributed by atoms with E-state index in [0.29, 0.717) is 13.1 Å². The molecule has 1 aliphatic heterocycles. The molecular formula is C13H19NO2S. The maximum Gasteiger partial charge on any atom is 0.264 e. The summed E-state index contributed by atoms with van der Waals surface area (Å²) in [6.07, 6.45) is 2.62. The average Bonchev–Trinajstić information content (AvgIpc) is 2.73. The lowest BCUT2D eigenvalue weighted by atomic mass is 9.89. The molecule has 1 aromatic heterocycles. The van der Waals surface area contributed by atoms with Gasteiger partial charge in [-0.2, -0.15) is 0 Å². The Balaban J connectivity index is 2.00.